The van der Waals surface area contributed by atoms with Crippen LogP contribution in [0, 0.1) is 0 Å². The number of hydrogen-bond acceptors (Lipinski definition) is 4. The number of nitrogens with zero attached hydrogens (tertiary/aromatic N) is 3. The van der Waals surface area contributed by atoms with Crippen LogP contribution >= 0.6 is 0 Å². The second-order valence-corrected chi connectivity index (χ2v) is 6.61. The van der Waals surface area contributed by atoms with Gasteiger partial charge in [-0.05, 0) is 32.9 Å². The maximum Gasteiger partial charge on any atom is 0.147 e. The van der Waals surface area contributed by atoms with Crippen LogP contribution in [0.5, 0.6) is 0 Å². The van der Waals surface area contributed by atoms with Gasteiger partial charge in [0.1, 0.15) is 5.82 Å². The van der Waals surface area contributed by atoms with Crippen molar-refractivity contribution in [3.8, 4) is 0 Å². The minimum Gasteiger partial charge on any atom is -0.394 e. The van der Waals surface area contributed by atoms with E-state index in [1.54, 1.807) is 0 Å². The van der Waals surface area contributed by atoms with Gasteiger partial charge >= 0.3 is 0 Å². The molecule has 1 saturated carbocycles. The van der Waals surface area contributed by atoms with Crippen LogP contribution in [-0.2, 0) is 7.05 Å². The molecule has 2 rings (SSSR count). The zero-order valence-corrected chi connectivity index (χ0v) is 13.5. The molecule has 0 unspecified atom stereocenters. The highest BCUT2D eigenvalue weighted by molar-refractivity contribution is 5.65. The molecule has 0 aromatic carbocycles. The predicted octanol–water partition coefficient (Wildman–Crippen LogP) is 2.41. The molecular formula is C15H29N5. The summed E-state index contributed by atoms with van der Waals surface area (Å²) in [5.74, 6) is 1.31. The van der Waals surface area contributed by atoms with Crippen LogP contribution in [0.15, 0.2) is 0 Å². The van der Waals surface area contributed by atoms with Gasteiger partial charge in [-0.1, -0.05) is 26.7 Å². The molecule has 0 bridgehead atoms. The van der Waals surface area contributed by atoms with Crippen molar-refractivity contribution in [3.63, 3.8) is 0 Å². The van der Waals surface area contributed by atoms with E-state index < -0.39 is 0 Å². The first-order chi connectivity index (χ1) is 9.37. The van der Waals surface area contributed by atoms with E-state index in [4.69, 9.17) is 5.73 Å². The summed E-state index contributed by atoms with van der Waals surface area (Å²) in [7, 11) is 6.32. The SMILES string of the molecule is CC(C)c1nn(C)c(NCC2(N(C)C)CCCC2)c1N. The highest BCUT2D eigenvalue weighted by atomic mass is 15.3. The lowest BCUT2D eigenvalue weighted by molar-refractivity contribution is 0.172. The molecule has 0 amide bonds. The number of anilines is 2. The largest absolute Gasteiger partial charge is 0.394 e. The molecule has 5 heteroatoms. The number of likely N-dealkylation sites (N-methyl/N-ethyl adjacent to an activating group) is 1. The van der Waals surface area contributed by atoms with Crippen molar-refractivity contribution >= 4 is 11.5 Å². The Kier molecular flexibility index (Phi) is 4.28. The van der Waals surface area contributed by atoms with E-state index in [-0.39, 0.29) is 5.54 Å². The first-order valence-corrected chi connectivity index (χ1v) is 7.61. The summed E-state index contributed by atoms with van der Waals surface area (Å²) in [6.45, 7) is 5.18. The van der Waals surface area contributed by atoms with Gasteiger partial charge < -0.3 is 16.0 Å². The summed E-state index contributed by atoms with van der Waals surface area (Å²) in [5, 5.41) is 8.09. The molecule has 0 spiro atoms. The Hall–Kier alpha value is -1.23. The molecule has 0 atom stereocenters. The van der Waals surface area contributed by atoms with E-state index in [1.165, 1.54) is 25.7 Å². The second-order valence-electron chi connectivity index (χ2n) is 6.61. The molecule has 114 valence electrons. The van der Waals surface area contributed by atoms with Gasteiger partial charge in [-0.25, -0.2) is 0 Å². The summed E-state index contributed by atoms with van der Waals surface area (Å²) in [4.78, 5) is 2.36. The molecule has 1 heterocycles. The normalized spacial score (nSPS) is 18.1. The molecule has 1 aliphatic rings. The molecule has 1 aromatic heterocycles. The van der Waals surface area contributed by atoms with Gasteiger partial charge in [0.05, 0.1) is 11.4 Å². The number of nitrogen functional groups attached to an aromatic ring is 1. The fourth-order valence-corrected chi connectivity index (χ4v) is 3.26. The Balaban J connectivity index is 2.14. The Labute approximate surface area is 122 Å². The quantitative estimate of drug-likeness (QED) is 0.869. The third kappa shape index (κ3) is 2.64. The minimum absolute atomic E-state index is 0.259. The van der Waals surface area contributed by atoms with E-state index in [1.807, 2.05) is 11.7 Å². The summed E-state index contributed by atoms with van der Waals surface area (Å²) < 4.78 is 1.88. The standard InChI is InChI=1S/C15H29N5/c1-11(2)13-12(16)14(20(5)18-13)17-10-15(19(3)4)8-6-7-9-15/h11,17H,6-10,16H2,1-5H3. The zero-order valence-electron chi connectivity index (χ0n) is 13.5. The maximum atomic E-state index is 6.25. The van der Waals surface area contributed by atoms with Crippen LogP contribution in [0.3, 0.4) is 0 Å². The molecule has 5 nitrogen and oxygen atoms in total. The van der Waals surface area contributed by atoms with Gasteiger partial charge in [0.25, 0.3) is 0 Å². The van der Waals surface area contributed by atoms with Crippen molar-refractivity contribution in [2.24, 2.45) is 7.05 Å². The molecule has 1 aliphatic carbocycles. The number of nitrogens with two attached hydrogens (primary N) is 1. The lowest BCUT2D eigenvalue weighted by Gasteiger charge is -2.36. The lowest BCUT2D eigenvalue weighted by atomic mass is 9.96. The molecule has 3 N–H and O–H groups in total. The Morgan fingerprint density at radius 2 is 1.95 bits per heavy atom. The van der Waals surface area contributed by atoms with Crippen LogP contribution in [0.4, 0.5) is 11.5 Å². The van der Waals surface area contributed by atoms with Crippen LogP contribution in [0.25, 0.3) is 0 Å². The van der Waals surface area contributed by atoms with Crippen molar-refractivity contribution in [1.29, 1.82) is 0 Å². The van der Waals surface area contributed by atoms with E-state index in [9.17, 15) is 0 Å². The topological polar surface area (TPSA) is 59.1 Å². The number of aromatic nitrogens is 2. The monoisotopic (exact) mass is 279 g/mol. The zero-order chi connectivity index (χ0) is 14.9. The number of rotatable bonds is 5. The number of aryl methyl sites for hydroxylation is 1. The average molecular weight is 279 g/mol. The van der Waals surface area contributed by atoms with Gasteiger partial charge in [0, 0.05) is 19.1 Å². The fourth-order valence-electron chi connectivity index (χ4n) is 3.26. The van der Waals surface area contributed by atoms with Crippen molar-refractivity contribution in [3.05, 3.63) is 5.69 Å². The van der Waals surface area contributed by atoms with Gasteiger partial charge in [0.15, 0.2) is 0 Å². The highest BCUT2D eigenvalue weighted by Gasteiger charge is 2.36. The average Bonchev–Trinajstić information content (AvgIpc) is 2.94. The summed E-state index contributed by atoms with van der Waals surface area (Å²) >= 11 is 0. The first-order valence-electron chi connectivity index (χ1n) is 7.61. The van der Waals surface area contributed by atoms with Gasteiger partial charge in [-0.15, -0.1) is 0 Å². The maximum absolute atomic E-state index is 6.25. The third-order valence-corrected chi connectivity index (χ3v) is 4.73. The van der Waals surface area contributed by atoms with Crippen molar-refractivity contribution in [2.45, 2.75) is 51.0 Å². The third-order valence-electron chi connectivity index (χ3n) is 4.73. The summed E-state index contributed by atoms with van der Waals surface area (Å²) in [5.41, 5.74) is 8.30. The summed E-state index contributed by atoms with van der Waals surface area (Å²) in [6, 6.07) is 0. The van der Waals surface area contributed by atoms with E-state index >= 15 is 0 Å². The van der Waals surface area contributed by atoms with Crippen LogP contribution in [0.2, 0.25) is 0 Å². The van der Waals surface area contributed by atoms with E-state index in [0.717, 1.165) is 23.7 Å². The number of nitrogens with one attached hydrogen (secondary N) is 1. The Morgan fingerprint density at radius 3 is 2.40 bits per heavy atom. The summed E-state index contributed by atoms with van der Waals surface area (Å²) in [6.07, 6.45) is 5.14. The fraction of sp³-hybridized carbons (Fsp3) is 0.800. The second kappa shape index (κ2) is 5.64. The highest BCUT2D eigenvalue weighted by Crippen LogP contribution is 2.35. The smallest absolute Gasteiger partial charge is 0.147 e. The van der Waals surface area contributed by atoms with E-state index in [2.05, 4.69) is 43.3 Å². The van der Waals surface area contributed by atoms with Gasteiger partial charge in [-0.3, -0.25) is 4.68 Å². The van der Waals surface area contributed by atoms with Crippen molar-refractivity contribution < 1.29 is 0 Å². The van der Waals surface area contributed by atoms with Crippen LogP contribution in [-0.4, -0.2) is 40.9 Å². The molecule has 0 saturated heterocycles. The molecule has 0 radical (unpaired) electrons. The van der Waals surface area contributed by atoms with Crippen LogP contribution < -0.4 is 11.1 Å². The number of hydrogen-bond donors (Lipinski definition) is 2. The predicted molar refractivity (Wildman–Crippen MR) is 85.1 cm³/mol. The lowest BCUT2D eigenvalue weighted by Crippen LogP contribution is -2.47. The Bertz CT molecular complexity index is 455. The van der Waals surface area contributed by atoms with Crippen molar-refractivity contribution in [1.82, 2.24) is 14.7 Å². The van der Waals surface area contributed by atoms with Gasteiger partial charge in [0.2, 0.25) is 0 Å². The first kappa shape index (κ1) is 15.2. The van der Waals surface area contributed by atoms with E-state index in [0.29, 0.717) is 5.92 Å². The molecule has 1 fully saturated rings. The van der Waals surface area contributed by atoms with Gasteiger partial charge in [-0.2, -0.15) is 5.10 Å². The molecular weight excluding hydrogens is 250 g/mol. The molecule has 20 heavy (non-hydrogen) atoms. The molecule has 1 aromatic rings. The minimum atomic E-state index is 0.259. The molecule has 0 aliphatic heterocycles. The Morgan fingerprint density at radius 1 is 1.35 bits per heavy atom. The van der Waals surface area contributed by atoms with Crippen LogP contribution in [0.1, 0.15) is 51.1 Å². The van der Waals surface area contributed by atoms with Crippen molar-refractivity contribution in [2.75, 3.05) is 31.7 Å².